The fourth-order valence-electron chi connectivity index (χ4n) is 1.33. The molecule has 1 saturated heterocycles. The molecule has 3 nitrogen and oxygen atoms in total. The molecule has 1 aromatic rings. The van der Waals surface area contributed by atoms with Gasteiger partial charge in [-0.05, 0) is 18.6 Å². The Labute approximate surface area is 78.0 Å². The first kappa shape index (κ1) is 8.51. The zero-order valence-corrected chi connectivity index (χ0v) is 7.81. The number of hydrogen-bond donors (Lipinski definition) is 0. The van der Waals surface area contributed by atoms with Gasteiger partial charge in [0.1, 0.15) is 0 Å². The van der Waals surface area contributed by atoms with Crippen LogP contribution in [0, 0.1) is 5.41 Å². The number of rotatable bonds is 3. The average Bonchev–Trinajstić information content (AvgIpc) is 2.56. The van der Waals surface area contributed by atoms with Crippen molar-refractivity contribution in [2.75, 3.05) is 13.2 Å². The summed E-state index contributed by atoms with van der Waals surface area (Å²) < 4.78 is 7.01. The molecule has 0 unspecified atom stereocenters. The molecule has 1 aliphatic heterocycles. The minimum atomic E-state index is 0.199. The van der Waals surface area contributed by atoms with E-state index in [1.807, 2.05) is 35.4 Å². The second-order valence-corrected chi connectivity index (χ2v) is 3.52. The van der Waals surface area contributed by atoms with Crippen LogP contribution >= 0.6 is 0 Å². The van der Waals surface area contributed by atoms with Gasteiger partial charge < -0.3 is 4.74 Å². The Hall–Kier alpha value is -1.09. The van der Waals surface area contributed by atoms with Crippen LogP contribution in [0.4, 0.5) is 0 Å². The lowest BCUT2D eigenvalue weighted by molar-refractivity contribution is -0.0680. The minimum Gasteiger partial charge on any atom is -0.379 e. The Bertz CT molecular complexity index is 280. The Morgan fingerprint density at radius 2 is 2.15 bits per heavy atom. The molecule has 0 aliphatic carbocycles. The molecule has 0 saturated carbocycles. The molecule has 0 bridgehead atoms. The molecule has 0 amide bonds. The van der Waals surface area contributed by atoms with Crippen molar-refractivity contribution in [2.24, 2.45) is 10.5 Å². The molecule has 70 valence electrons. The van der Waals surface area contributed by atoms with Gasteiger partial charge in [-0.15, -0.1) is 0 Å². The predicted octanol–water partition coefficient (Wildman–Crippen LogP) is 1.75. The third kappa shape index (κ3) is 1.65. The summed E-state index contributed by atoms with van der Waals surface area (Å²) in [5.41, 5.74) is 0.199. The lowest BCUT2D eigenvalue weighted by Gasteiger charge is -2.36. The van der Waals surface area contributed by atoms with Crippen LogP contribution in [0.5, 0.6) is 0 Å². The van der Waals surface area contributed by atoms with Crippen molar-refractivity contribution in [3.8, 4) is 0 Å². The van der Waals surface area contributed by atoms with Crippen LogP contribution in [0.15, 0.2) is 29.6 Å². The summed E-state index contributed by atoms with van der Waals surface area (Å²) in [5.74, 6) is 0. The van der Waals surface area contributed by atoms with Crippen LogP contribution < -0.4 is 0 Å². The van der Waals surface area contributed by atoms with E-state index in [9.17, 15) is 0 Å². The van der Waals surface area contributed by atoms with E-state index in [1.54, 1.807) is 0 Å². The summed E-state index contributed by atoms with van der Waals surface area (Å²) in [6.07, 6.45) is 6.97. The molecule has 1 fully saturated rings. The molecule has 3 heteroatoms. The zero-order valence-electron chi connectivity index (χ0n) is 7.81. The molecule has 0 aromatic carbocycles. The van der Waals surface area contributed by atoms with Crippen LogP contribution in [-0.4, -0.2) is 24.1 Å². The maximum absolute atomic E-state index is 5.20. The van der Waals surface area contributed by atoms with E-state index >= 15 is 0 Å². The predicted molar refractivity (Wildman–Crippen MR) is 51.9 cm³/mol. The monoisotopic (exact) mass is 178 g/mol. The molecule has 0 spiro atoms. The molecule has 2 heterocycles. The second kappa shape index (κ2) is 3.34. The van der Waals surface area contributed by atoms with E-state index in [1.165, 1.54) is 0 Å². The summed E-state index contributed by atoms with van der Waals surface area (Å²) >= 11 is 0. The molecular weight excluding hydrogens is 164 g/mol. The van der Waals surface area contributed by atoms with E-state index < -0.39 is 0 Å². The summed E-state index contributed by atoms with van der Waals surface area (Å²) in [5, 5.41) is 4.34. The fraction of sp³-hybridized carbons (Fsp3) is 0.500. The molecule has 0 N–H and O–H groups in total. The standard InChI is InChI=1S/C10H14N2O/c1-2-10(8-13-9-10)7-11-12-5-3-4-6-12/h3-7H,2,8-9H2,1H3/b11-7+. The van der Waals surface area contributed by atoms with Crippen molar-refractivity contribution < 1.29 is 4.74 Å². The average molecular weight is 178 g/mol. The first-order valence-corrected chi connectivity index (χ1v) is 4.61. The van der Waals surface area contributed by atoms with Gasteiger partial charge in [0.2, 0.25) is 0 Å². The number of hydrogen-bond acceptors (Lipinski definition) is 2. The molecule has 0 atom stereocenters. The SMILES string of the molecule is CCC1(/C=N/n2cccc2)COC1. The number of ether oxygens (including phenoxy) is 1. The van der Waals surface area contributed by atoms with E-state index in [-0.39, 0.29) is 5.41 Å². The smallest absolute Gasteiger partial charge is 0.0595 e. The quantitative estimate of drug-likeness (QED) is 0.648. The van der Waals surface area contributed by atoms with Gasteiger partial charge in [-0.25, -0.2) is 4.68 Å². The topological polar surface area (TPSA) is 26.5 Å². The highest BCUT2D eigenvalue weighted by molar-refractivity contribution is 5.67. The van der Waals surface area contributed by atoms with Crippen molar-refractivity contribution in [1.29, 1.82) is 0 Å². The maximum atomic E-state index is 5.20. The highest BCUT2D eigenvalue weighted by Gasteiger charge is 2.35. The minimum absolute atomic E-state index is 0.199. The lowest BCUT2D eigenvalue weighted by Crippen LogP contribution is -2.43. The van der Waals surface area contributed by atoms with E-state index in [0.29, 0.717) is 0 Å². The first-order chi connectivity index (χ1) is 6.35. The number of nitrogens with zero attached hydrogens (tertiary/aromatic N) is 2. The Morgan fingerprint density at radius 3 is 2.62 bits per heavy atom. The Kier molecular flexibility index (Phi) is 2.19. The molecule has 1 aliphatic rings. The first-order valence-electron chi connectivity index (χ1n) is 4.61. The van der Waals surface area contributed by atoms with Gasteiger partial charge in [0.15, 0.2) is 0 Å². The van der Waals surface area contributed by atoms with Crippen LogP contribution in [0.3, 0.4) is 0 Å². The van der Waals surface area contributed by atoms with Gasteiger partial charge in [-0.1, -0.05) is 6.92 Å². The van der Waals surface area contributed by atoms with Gasteiger partial charge in [-0.3, -0.25) is 0 Å². The molecule has 0 radical (unpaired) electrons. The van der Waals surface area contributed by atoms with E-state index in [0.717, 1.165) is 19.6 Å². The van der Waals surface area contributed by atoms with Crippen molar-refractivity contribution in [1.82, 2.24) is 4.68 Å². The third-order valence-electron chi connectivity index (χ3n) is 2.54. The van der Waals surface area contributed by atoms with Gasteiger partial charge in [-0.2, -0.15) is 5.10 Å². The summed E-state index contributed by atoms with van der Waals surface area (Å²) in [6, 6.07) is 3.93. The van der Waals surface area contributed by atoms with Gasteiger partial charge in [0.25, 0.3) is 0 Å². The van der Waals surface area contributed by atoms with Crippen LogP contribution in [0.1, 0.15) is 13.3 Å². The van der Waals surface area contributed by atoms with Gasteiger partial charge in [0.05, 0.1) is 18.6 Å². The van der Waals surface area contributed by atoms with Crippen LogP contribution in [0.2, 0.25) is 0 Å². The number of aromatic nitrogens is 1. The van der Waals surface area contributed by atoms with E-state index in [4.69, 9.17) is 4.74 Å². The maximum Gasteiger partial charge on any atom is 0.0595 e. The summed E-state index contributed by atoms with van der Waals surface area (Å²) in [7, 11) is 0. The van der Waals surface area contributed by atoms with Crippen LogP contribution in [0.25, 0.3) is 0 Å². The van der Waals surface area contributed by atoms with Crippen molar-refractivity contribution in [3.63, 3.8) is 0 Å². The highest BCUT2D eigenvalue weighted by Crippen LogP contribution is 2.28. The summed E-state index contributed by atoms with van der Waals surface area (Å²) in [4.78, 5) is 0. The highest BCUT2D eigenvalue weighted by atomic mass is 16.5. The Balaban J connectivity index is 2.04. The van der Waals surface area contributed by atoms with Crippen LogP contribution in [-0.2, 0) is 4.74 Å². The van der Waals surface area contributed by atoms with Crippen molar-refractivity contribution in [3.05, 3.63) is 24.5 Å². The second-order valence-electron chi connectivity index (χ2n) is 3.52. The molecule has 13 heavy (non-hydrogen) atoms. The normalized spacial score (nSPS) is 20.4. The molecular formula is C10H14N2O. The fourth-order valence-corrected chi connectivity index (χ4v) is 1.33. The molecule has 1 aromatic heterocycles. The van der Waals surface area contributed by atoms with Crippen molar-refractivity contribution >= 4 is 6.21 Å². The zero-order chi connectivity index (χ0) is 9.15. The van der Waals surface area contributed by atoms with Gasteiger partial charge in [0, 0.05) is 18.6 Å². The lowest BCUT2D eigenvalue weighted by atomic mass is 9.85. The largest absolute Gasteiger partial charge is 0.379 e. The van der Waals surface area contributed by atoms with Gasteiger partial charge >= 0.3 is 0 Å². The molecule has 2 rings (SSSR count). The third-order valence-corrected chi connectivity index (χ3v) is 2.54. The summed E-state index contributed by atoms with van der Waals surface area (Å²) in [6.45, 7) is 3.80. The Morgan fingerprint density at radius 1 is 1.46 bits per heavy atom. The van der Waals surface area contributed by atoms with Crippen molar-refractivity contribution in [2.45, 2.75) is 13.3 Å². The van der Waals surface area contributed by atoms with E-state index in [2.05, 4.69) is 12.0 Å².